The highest BCUT2D eigenvalue weighted by molar-refractivity contribution is 7.81. The third kappa shape index (κ3) is 4.90. The quantitative estimate of drug-likeness (QED) is 0.768. The second kappa shape index (κ2) is 6.55. The highest BCUT2D eigenvalue weighted by atomic mass is 32.3. The van der Waals surface area contributed by atoms with Gasteiger partial charge in [0.05, 0.1) is 31.6 Å². The van der Waals surface area contributed by atoms with Crippen molar-refractivity contribution in [3.05, 3.63) is 24.0 Å². The summed E-state index contributed by atoms with van der Waals surface area (Å²) in [5, 5.41) is 2.62. The van der Waals surface area contributed by atoms with Gasteiger partial charge in [-0.15, -0.1) is 0 Å². The molecular weight excluding hydrogens is 319 g/mol. The van der Waals surface area contributed by atoms with E-state index in [0.29, 0.717) is 19.8 Å². The summed E-state index contributed by atoms with van der Waals surface area (Å²) in [4.78, 5) is 15.6. The molecule has 10 heteroatoms. The van der Waals surface area contributed by atoms with Crippen LogP contribution in [0.2, 0.25) is 0 Å². The van der Waals surface area contributed by atoms with Gasteiger partial charge in [0.2, 0.25) is 0 Å². The van der Waals surface area contributed by atoms with Crippen molar-refractivity contribution < 1.29 is 30.8 Å². The van der Waals surface area contributed by atoms with E-state index in [1.54, 1.807) is 6.92 Å². The highest BCUT2D eigenvalue weighted by Gasteiger charge is 2.29. The van der Waals surface area contributed by atoms with Crippen LogP contribution >= 0.6 is 0 Å². The summed E-state index contributed by atoms with van der Waals surface area (Å²) < 4.78 is 48.1. The van der Waals surface area contributed by atoms with E-state index in [1.807, 2.05) is 0 Å². The minimum absolute atomic E-state index is 0.0291. The first-order chi connectivity index (χ1) is 10.3. The van der Waals surface area contributed by atoms with Crippen molar-refractivity contribution in [1.29, 1.82) is 0 Å². The fourth-order valence-corrected chi connectivity index (χ4v) is 2.17. The molecule has 8 nitrogen and oxygen atoms in total. The first-order valence-corrected chi connectivity index (χ1v) is 7.67. The lowest BCUT2D eigenvalue weighted by Gasteiger charge is -2.33. The molecule has 0 aromatic carbocycles. The summed E-state index contributed by atoms with van der Waals surface area (Å²) in [6.45, 7) is 3.27. The van der Waals surface area contributed by atoms with E-state index in [4.69, 9.17) is 9.47 Å². The molecule has 2 heterocycles. The van der Waals surface area contributed by atoms with Crippen molar-refractivity contribution >= 4 is 16.4 Å². The van der Waals surface area contributed by atoms with Crippen LogP contribution in [0.3, 0.4) is 0 Å². The van der Waals surface area contributed by atoms with Gasteiger partial charge in [-0.1, -0.05) is 3.89 Å². The molecule has 1 aliphatic rings. The number of nitrogens with one attached hydrogen (secondary N) is 1. The summed E-state index contributed by atoms with van der Waals surface area (Å²) in [5.41, 5.74) is -0.612. The molecule has 0 radical (unpaired) electrons. The zero-order chi connectivity index (χ0) is 16.2. The van der Waals surface area contributed by atoms with Crippen LogP contribution in [0.25, 0.3) is 0 Å². The molecule has 1 amide bonds. The second-order valence-corrected chi connectivity index (χ2v) is 5.87. The molecule has 1 N–H and O–H groups in total. The highest BCUT2D eigenvalue weighted by Crippen LogP contribution is 2.16. The van der Waals surface area contributed by atoms with Crippen molar-refractivity contribution in [3.8, 4) is 5.75 Å². The number of ether oxygens (including phenoxy) is 2. The van der Waals surface area contributed by atoms with Crippen LogP contribution in [0.1, 0.15) is 17.3 Å². The largest absolute Gasteiger partial charge is 0.488 e. The van der Waals surface area contributed by atoms with Gasteiger partial charge in [-0.05, 0) is 13.0 Å². The third-order valence-electron chi connectivity index (χ3n) is 2.88. The molecule has 2 rings (SSSR count). The normalized spacial score (nSPS) is 22.1. The van der Waals surface area contributed by atoms with Gasteiger partial charge in [0, 0.05) is 12.7 Å². The predicted octanol–water partition coefficient (Wildman–Crippen LogP) is 0.210. The lowest BCUT2D eigenvalue weighted by atomic mass is 10.1. The van der Waals surface area contributed by atoms with Crippen LogP contribution in [0.4, 0.5) is 3.89 Å². The number of rotatable bonds is 5. The van der Waals surface area contributed by atoms with Crippen LogP contribution < -0.4 is 9.50 Å². The zero-order valence-electron chi connectivity index (χ0n) is 11.7. The first kappa shape index (κ1) is 16.6. The Morgan fingerprint density at radius 3 is 2.91 bits per heavy atom. The molecule has 1 saturated heterocycles. The van der Waals surface area contributed by atoms with Crippen molar-refractivity contribution in [2.45, 2.75) is 12.5 Å². The van der Waals surface area contributed by atoms with Gasteiger partial charge in [-0.25, -0.2) is 0 Å². The summed E-state index contributed by atoms with van der Waals surface area (Å²) in [6, 6.07) is 1.07. The number of carbonyl (C=O) groups is 1. The zero-order valence-corrected chi connectivity index (χ0v) is 12.6. The SMILES string of the molecule is CC1(CNC(=O)c2cncc(OS(=O)(=O)F)c2)COCCO1. The molecule has 1 aliphatic heterocycles. The molecule has 1 fully saturated rings. The number of nitrogens with zero attached hydrogens (tertiary/aromatic N) is 1. The summed E-state index contributed by atoms with van der Waals surface area (Å²) in [6.07, 6.45) is 2.18. The number of hydrogen-bond acceptors (Lipinski definition) is 7. The summed E-state index contributed by atoms with van der Waals surface area (Å²) in [7, 11) is -5.17. The van der Waals surface area contributed by atoms with E-state index in [9.17, 15) is 17.1 Å². The van der Waals surface area contributed by atoms with Gasteiger partial charge in [0.1, 0.15) is 5.60 Å². The fraction of sp³-hybridized carbons (Fsp3) is 0.500. The minimum Gasteiger partial charge on any atom is -0.376 e. The summed E-state index contributed by atoms with van der Waals surface area (Å²) >= 11 is 0. The fourth-order valence-electron chi connectivity index (χ4n) is 1.85. The first-order valence-electron chi connectivity index (χ1n) is 6.36. The molecule has 0 bridgehead atoms. The van der Waals surface area contributed by atoms with E-state index in [-0.39, 0.29) is 12.1 Å². The smallest absolute Gasteiger partial charge is 0.376 e. The lowest BCUT2D eigenvalue weighted by molar-refractivity contribution is -0.144. The lowest BCUT2D eigenvalue weighted by Crippen LogP contribution is -2.49. The Balaban J connectivity index is 1.99. The van der Waals surface area contributed by atoms with Crippen molar-refractivity contribution in [1.82, 2.24) is 10.3 Å². The summed E-state index contributed by atoms with van der Waals surface area (Å²) in [5.74, 6) is -0.914. The Labute approximate surface area is 127 Å². The van der Waals surface area contributed by atoms with E-state index in [2.05, 4.69) is 14.5 Å². The van der Waals surface area contributed by atoms with Crippen LogP contribution in [-0.2, 0) is 20.0 Å². The van der Waals surface area contributed by atoms with Crippen molar-refractivity contribution in [2.75, 3.05) is 26.4 Å². The van der Waals surface area contributed by atoms with E-state index in [1.165, 1.54) is 6.20 Å². The van der Waals surface area contributed by atoms with E-state index < -0.39 is 27.8 Å². The Morgan fingerprint density at radius 2 is 2.27 bits per heavy atom. The van der Waals surface area contributed by atoms with Crippen molar-refractivity contribution in [3.63, 3.8) is 0 Å². The molecule has 1 aromatic heterocycles. The Bertz CT molecular complexity index is 645. The van der Waals surface area contributed by atoms with E-state index in [0.717, 1.165) is 12.3 Å². The number of carbonyl (C=O) groups excluding carboxylic acids is 1. The molecule has 1 aromatic rings. The van der Waals surface area contributed by atoms with Crippen LogP contribution in [0, 0.1) is 0 Å². The van der Waals surface area contributed by atoms with Crippen molar-refractivity contribution in [2.24, 2.45) is 0 Å². The molecule has 0 saturated carbocycles. The topological polar surface area (TPSA) is 104 Å². The van der Waals surface area contributed by atoms with Crippen LogP contribution in [0.15, 0.2) is 18.5 Å². The monoisotopic (exact) mass is 334 g/mol. The third-order valence-corrected chi connectivity index (χ3v) is 3.27. The molecular formula is C12H15FN2O6S. The van der Waals surface area contributed by atoms with Gasteiger partial charge in [0.15, 0.2) is 5.75 Å². The molecule has 22 heavy (non-hydrogen) atoms. The number of pyridine rings is 1. The Morgan fingerprint density at radius 1 is 1.50 bits per heavy atom. The standard InChI is InChI=1S/C12H15FN2O6S/c1-12(8-19-2-3-20-12)7-15-11(16)9-4-10(6-14-5-9)21-22(13,17)18/h4-6H,2-3,7-8H2,1H3,(H,15,16). The number of amides is 1. The van der Waals surface area contributed by atoms with Gasteiger partial charge >= 0.3 is 10.5 Å². The predicted molar refractivity (Wildman–Crippen MR) is 72.4 cm³/mol. The van der Waals surface area contributed by atoms with Crippen LogP contribution in [-0.4, -0.2) is 51.3 Å². The second-order valence-electron chi connectivity index (χ2n) is 4.92. The van der Waals surface area contributed by atoms with Gasteiger partial charge in [-0.3, -0.25) is 9.78 Å². The molecule has 1 unspecified atom stereocenters. The number of hydrogen-bond donors (Lipinski definition) is 1. The Hall–Kier alpha value is -1.78. The average Bonchev–Trinajstić information content (AvgIpc) is 2.44. The van der Waals surface area contributed by atoms with Gasteiger partial charge < -0.3 is 19.0 Å². The van der Waals surface area contributed by atoms with Gasteiger partial charge in [-0.2, -0.15) is 8.42 Å². The number of halogens is 1. The van der Waals surface area contributed by atoms with Gasteiger partial charge in [0.25, 0.3) is 5.91 Å². The Kier molecular flexibility index (Phi) is 4.94. The maximum Gasteiger partial charge on any atom is 0.488 e. The molecule has 122 valence electrons. The molecule has 0 spiro atoms. The average molecular weight is 334 g/mol. The minimum atomic E-state index is -5.17. The molecule has 0 aliphatic carbocycles. The van der Waals surface area contributed by atoms with Crippen LogP contribution in [0.5, 0.6) is 5.75 Å². The maximum atomic E-state index is 12.4. The van der Waals surface area contributed by atoms with E-state index >= 15 is 0 Å². The number of aromatic nitrogens is 1. The molecule has 1 atom stereocenters. The maximum absolute atomic E-state index is 12.4.